The minimum atomic E-state index is -0.345. The summed E-state index contributed by atoms with van der Waals surface area (Å²) < 4.78 is 2.05. The molecule has 1 aromatic heterocycles. The molecule has 1 fully saturated rings. The summed E-state index contributed by atoms with van der Waals surface area (Å²) in [5.74, 6) is -0.522. The van der Waals surface area contributed by atoms with Gasteiger partial charge in [0.1, 0.15) is 0 Å². The average molecular weight is 448 g/mol. The molecule has 0 spiro atoms. The molecule has 1 atom stereocenters. The van der Waals surface area contributed by atoms with Crippen LogP contribution in [0.15, 0.2) is 48.5 Å². The molecular weight excluding hydrogens is 418 g/mol. The number of carbonyl (C=O) groups excluding carboxylic acids is 3. The van der Waals surface area contributed by atoms with Gasteiger partial charge in [-0.25, -0.2) is 4.98 Å². The smallest absolute Gasteiger partial charge is 0.257 e. The topological polar surface area (TPSA) is 96.3 Å². The number of imide groups is 1. The Kier molecular flexibility index (Phi) is 6.84. The van der Waals surface area contributed by atoms with E-state index in [1.807, 2.05) is 36.4 Å². The van der Waals surface area contributed by atoms with E-state index in [0.717, 1.165) is 42.8 Å². The van der Waals surface area contributed by atoms with E-state index in [9.17, 15) is 14.4 Å². The summed E-state index contributed by atoms with van der Waals surface area (Å²) in [6.07, 6.45) is 0.686. The van der Waals surface area contributed by atoms with Gasteiger partial charge in [-0.15, -0.1) is 0 Å². The van der Waals surface area contributed by atoms with Crippen LogP contribution in [0.5, 0.6) is 0 Å². The van der Waals surface area contributed by atoms with E-state index in [1.165, 1.54) is 0 Å². The van der Waals surface area contributed by atoms with Gasteiger partial charge < -0.3 is 9.47 Å². The number of anilines is 1. The van der Waals surface area contributed by atoms with Crippen LogP contribution in [0.4, 0.5) is 5.95 Å². The lowest BCUT2D eigenvalue weighted by Crippen LogP contribution is -2.27. The normalized spacial score (nSPS) is 15.9. The van der Waals surface area contributed by atoms with E-state index in [2.05, 4.69) is 38.9 Å². The molecule has 1 saturated heterocycles. The number of rotatable bonds is 9. The van der Waals surface area contributed by atoms with Gasteiger partial charge in [0.2, 0.25) is 17.8 Å². The lowest BCUT2D eigenvalue weighted by Gasteiger charge is -2.19. The van der Waals surface area contributed by atoms with Crippen LogP contribution in [0.3, 0.4) is 0 Å². The van der Waals surface area contributed by atoms with Crippen molar-refractivity contribution < 1.29 is 14.4 Å². The number of aromatic nitrogens is 2. The van der Waals surface area contributed by atoms with Crippen molar-refractivity contribution in [2.75, 3.05) is 25.0 Å². The highest BCUT2D eigenvalue weighted by Gasteiger charge is 2.30. The van der Waals surface area contributed by atoms with Crippen LogP contribution in [0.25, 0.3) is 11.0 Å². The molecule has 8 nitrogen and oxygen atoms in total. The predicted octanol–water partition coefficient (Wildman–Crippen LogP) is 2.84. The summed E-state index contributed by atoms with van der Waals surface area (Å²) >= 11 is 0. The molecule has 0 saturated carbocycles. The van der Waals surface area contributed by atoms with Crippen LogP contribution in [0.1, 0.15) is 36.2 Å². The maximum absolute atomic E-state index is 13.0. The first-order chi connectivity index (χ1) is 16.0. The molecule has 0 bridgehead atoms. The molecule has 0 radical (unpaired) electrons. The van der Waals surface area contributed by atoms with E-state index in [1.54, 1.807) is 12.1 Å². The quantitative estimate of drug-likeness (QED) is 0.492. The number of nitrogens with one attached hydrogen (secondary N) is 2. The molecular formula is C25H29N5O3. The number of amides is 3. The predicted molar refractivity (Wildman–Crippen MR) is 127 cm³/mol. The maximum Gasteiger partial charge on any atom is 0.257 e. The Hall–Kier alpha value is -3.52. The van der Waals surface area contributed by atoms with E-state index < -0.39 is 0 Å². The van der Waals surface area contributed by atoms with Crippen LogP contribution in [-0.4, -0.2) is 51.8 Å². The number of hydrogen-bond acceptors (Lipinski definition) is 5. The van der Waals surface area contributed by atoms with E-state index in [0.29, 0.717) is 17.9 Å². The molecule has 33 heavy (non-hydrogen) atoms. The van der Waals surface area contributed by atoms with Crippen LogP contribution >= 0.6 is 0 Å². The van der Waals surface area contributed by atoms with Crippen molar-refractivity contribution in [3.63, 3.8) is 0 Å². The Morgan fingerprint density at radius 1 is 1.12 bits per heavy atom. The van der Waals surface area contributed by atoms with Gasteiger partial charge in [-0.05, 0) is 49.3 Å². The molecule has 2 aromatic carbocycles. The fraction of sp³-hybridized carbons (Fsp3) is 0.360. The second-order valence-electron chi connectivity index (χ2n) is 8.27. The first-order valence-electron chi connectivity index (χ1n) is 11.4. The highest BCUT2D eigenvalue weighted by molar-refractivity contribution is 6.04. The maximum atomic E-state index is 13.0. The van der Waals surface area contributed by atoms with E-state index in [-0.39, 0.29) is 30.1 Å². The van der Waals surface area contributed by atoms with Crippen LogP contribution in [0.2, 0.25) is 0 Å². The number of imidazole rings is 1. The van der Waals surface area contributed by atoms with Gasteiger partial charge in [0.25, 0.3) is 5.91 Å². The van der Waals surface area contributed by atoms with Gasteiger partial charge in [0.05, 0.1) is 17.0 Å². The molecule has 3 amide bonds. The fourth-order valence-electron chi connectivity index (χ4n) is 4.20. The Labute approximate surface area is 193 Å². The highest BCUT2D eigenvalue weighted by Crippen LogP contribution is 2.21. The zero-order chi connectivity index (χ0) is 23.4. The summed E-state index contributed by atoms with van der Waals surface area (Å²) in [5, 5.41) is 5.30. The van der Waals surface area contributed by atoms with Gasteiger partial charge >= 0.3 is 0 Å². The number of likely N-dealkylation sites (N-methyl/N-ethyl adjacent to an activating group) is 1. The number of carbonyl (C=O) groups is 3. The van der Waals surface area contributed by atoms with Crippen LogP contribution < -0.4 is 10.6 Å². The molecule has 172 valence electrons. The fourth-order valence-corrected chi connectivity index (χ4v) is 4.20. The lowest BCUT2D eigenvalue weighted by molar-refractivity contribution is -0.125. The summed E-state index contributed by atoms with van der Waals surface area (Å²) in [7, 11) is 0. The molecule has 2 N–H and O–H groups in total. The molecule has 1 aliphatic rings. The average Bonchev–Trinajstić information content (AvgIpc) is 3.32. The molecule has 1 unspecified atom stereocenters. The Bertz CT molecular complexity index is 1160. The summed E-state index contributed by atoms with van der Waals surface area (Å²) in [6.45, 7) is 7.79. The van der Waals surface area contributed by atoms with Gasteiger partial charge in [0, 0.05) is 25.1 Å². The largest absolute Gasteiger partial charge is 0.309 e. The van der Waals surface area contributed by atoms with Crippen LogP contribution in [-0.2, 0) is 22.6 Å². The first kappa shape index (κ1) is 22.7. The third-order valence-electron chi connectivity index (χ3n) is 6.18. The standard InChI is InChI=1S/C25H29N5O3/c1-3-29(4-2)13-14-30-21-8-6-5-7-20(21)26-25(30)28-23(32)18-11-9-17(10-12-18)15-19-16-22(31)27-24(19)33/h5-12,19H,3-4,13-16H2,1-2H3,(H,26,28,32)(H,27,31,33). The van der Waals surface area contributed by atoms with Crippen molar-refractivity contribution in [1.82, 2.24) is 19.8 Å². The Morgan fingerprint density at radius 2 is 1.85 bits per heavy atom. The van der Waals surface area contributed by atoms with E-state index in [4.69, 9.17) is 0 Å². The SMILES string of the molecule is CCN(CC)CCn1c(NC(=O)c2ccc(CC3CC(=O)NC3=O)cc2)nc2ccccc21. The summed E-state index contributed by atoms with van der Waals surface area (Å²) in [4.78, 5) is 43.1. The van der Waals surface area contributed by atoms with Crippen molar-refractivity contribution in [3.8, 4) is 0 Å². The second-order valence-corrected chi connectivity index (χ2v) is 8.27. The molecule has 2 heterocycles. The second kappa shape index (κ2) is 9.95. The number of hydrogen-bond donors (Lipinski definition) is 2. The van der Waals surface area contributed by atoms with Crippen LogP contribution in [0, 0.1) is 5.92 Å². The van der Waals surface area contributed by atoms with Gasteiger partial charge in [-0.1, -0.05) is 38.1 Å². The lowest BCUT2D eigenvalue weighted by atomic mass is 9.97. The molecule has 3 aromatic rings. The minimum Gasteiger partial charge on any atom is -0.309 e. The molecule has 4 rings (SSSR count). The zero-order valence-corrected chi connectivity index (χ0v) is 19.0. The third-order valence-corrected chi connectivity index (χ3v) is 6.18. The van der Waals surface area contributed by atoms with Crippen molar-refractivity contribution in [1.29, 1.82) is 0 Å². The minimum absolute atomic E-state index is 0.213. The molecule has 0 aliphatic carbocycles. The highest BCUT2D eigenvalue weighted by atomic mass is 16.2. The van der Waals surface area contributed by atoms with E-state index >= 15 is 0 Å². The van der Waals surface area contributed by atoms with Crippen molar-refractivity contribution in [3.05, 3.63) is 59.7 Å². The Morgan fingerprint density at radius 3 is 2.52 bits per heavy atom. The zero-order valence-electron chi connectivity index (χ0n) is 19.0. The van der Waals surface area contributed by atoms with Crippen molar-refractivity contribution in [2.24, 2.45) is 5.92 Å². The summed E-state index contributed by atoms with van der Waals surface area (Å²) in [6, 6.07) is 15.0. The first-order valence-corrected chi connectivity index (χ1v) is 11.4. The van der Waals surface area contributed by atoms with Gasteiger partial charge in [0.15, 0.2) is 0 Å². The van der Waals surface area contributed by atoms with Crippen molar-refractivity contribution in [2.45, 2.75) is 33.2 Å². The number of nitrogens with zero attached hydrogens (tertiary/aromatic N) is 3. The molecule has 8 heteroatoms. The Balaban J connectivity index is 1.48. The van der Waals surface area contributed by atoms with Gasteiger partial charge in [-0.2, -0.15) is 0 Å². The number of para-hydroxylation sites is 2. The monoisotopic (exact) mass is 447 g/mol. The summed E-state index contributed by atoms with van der Waals surface area (Å²) in [5.41, 5.74) is 3.24. The number of fused-ring (bicyclic) bond motifs is 1. The third kappa shape index (κ3) is 5.12. The van der Waals surface area contributed by atoms with Gasteiger partial charge in [-0.3, -0.25) is 25.0 Å². The molecule has 1 aliphatic heterocycles. The number of benzene rings is 2. The van der Waals surface area contributed by atoms with Crippen molar-refractivity contribution >= 4 is 34.7 Å².